The second kappa shape index (κ2) is 6.18. The minimum atomic E-state index is -0.833. The summed E-state index contributed by atoms with van der Waals surface area (Å²) in [5.74, 6) is -0.797. The lowest BCUT2D eigenvalue weighted by Crippen LogP contribution is -2.54. The third-order valence-electron chi connectivity index (χ3n) is 3.17. The number of aliphatic carboxylic acids is 1. The molecule has 1 unspecified atom stereocenters. The minimum Gasteiger partial charge on any atom is -0.480 e. The summed E-state index contributed by atoms with van der Waals surface area (Å²) >= 11 is 0. The second-order valence-electron chi connectivity index (χ2n) is 4.04. The van der Waals surface area contributed by atoms with Crippen LogP contribution in [0.5, 0.6) is 0 Å². The van der Waals surface area contributed by atoms with Crippen LogP contribution in [0, 0.1) is 0 Å². The zero-order valence-corrected chi connectivity index (χ0v) is 9.99. The Hall–Kier alpha value is -0.650. The monoisotopic (exact) mass is 231 g/mol. The van der Waals surface area contributed by atoms with Crippen LogP contribution < -0.4 is 5.32 Å². The maximum Gasteiger partial charge on any atom is 0.323 e. The molecule has 1 saturated heterocycles. The first-order chi connectivity index (χ1) is 7.64. The van der Waals surface area contributed by atoms with E-state index >= 15 is 0 Å². The van der Waals surface area contributed by atoms with Crippen molar-refractivity contribution in [2.45, 2.75) is 38.3 Å². The van der Waals surface area contributed by atoms with Gasteiger partial charge in [0.1, 0.15) is 5.54 Å². The summed E-state index contributed by atoms with van der Waals surface area (Å²) in [7, 11) is 0. The van der Waals surface area contributed by atoms with Crippen LogP contribution >= 0.6 is 0 Å². The predicted octanol–water partition coefficient (Wildman–Crippen LogP) is 0.635. The van der Waals surface area contributed by atoms with E-state index < -0.39 is 11.5 Å². The molecule has 1 aliphatic rings. The Morgan fingerprint density at radius 1 is 1.44 bits per heavy atom. The molecule has 16 heavy (non-hydrogen) atoms. The third-order valence-corrected chi connectivity index (χ3v) is 3.17. The van der Waals surface area contributed by atoms with Crippen molar-refractivity contribution < 1.29 is 19.4 Å². The van der Waals surface area contributed by atoms with Crippen molar-refractivity contribution in [1.29, 1.82) is 0 Å². The molecule has 0 aromatic carbocycles. The van der Waals surface area contributed by atoms with Gasteiger partial charge in [-0.15, -0.1) is 0 Å². The summed E-state index contributed by atoms with van der Waals surface area (Å²) in [6, 6.07) is 0. The number of hydrogen-bond donors (Lipinski definition) is 2. The molecule has 0 spiro atoms. The molecule has 0 saturated carbocycles. The van der Waals surface area contributed by atoms with Crippen molar-refractivity contribution in [3.05, 3.63) is 0 Å². The maximum atomic E-state index is 11.2. The maximum absolute atomic E-state index is 11.2. The number of rotatable bonds is 6. The smallest absolute Gasteiger partial charge is 0.323 e. The van der Waals surface area contributed by atoms with Crippen LogP contribution in [0.4, 0.5) is 0 Å². The average molecular weight is 231 g/mol. The van der Waals surface area contributed by atoms with Crippen molar-refractivity contribution >= 4 is 5.97 Å². The van der Waals surface area contributed by atoms with Crippen LogP contribution in [0.15, 0.2) is 0 Å². The number of hydrogen-bond acceptors (Lipinski definition) is 4. The molecule has 2 N–H and O–H groups in total. The van der Waals surface area contributed by atoms with Gasteiger partial charge in [-0.25, -0.2) is 0 Å². The molecule has 1 fully saturated rings. The SMILES string of the molecule is CCC(CC)(NCC1COCCO1)C(=O)O. The van der Waals surface area contributed by atoms with E-state index in [1.165, 1.54) is 0 Å². The highest BCUT2D eigenvalue weighted by Gasteiger charge is 2.35. The first kappa shape index (κ1) is 13.4. The van der Waals surface area contributed by atoms with Gasteiger partial charge in [0.15, 0.2) is 0 Å². The van der Waals surface area contributed by atoms with Gasteiger partial charge < -0.3 is 14.6 Å². The molecule has 1 heterocycles. The number of carboxylic acids is 1. The molecular weight excluding hydrogens is 210 g/mol. The van der Waals surface area contributed by atoms with Crippen molar-refractivity contribution in [3.63, 3.8) is 0 Å². The fourth-order valence-corrected chi connectivity index (χ4v) is 1.84. The fourth-order valence-electron chi connectivity index (χ4n) is 1.84. The van der Waals surface area contributed by atoms with Gasteiger partial charge in [-0.1, -0.05) is 13.8 Å². The second-order valence-corrected chi connectivity index (χ2v) is 4.04. The van der Waals surface area contributed by atoms with E-state index in [1.54, 1.807) is 0 Å². The Labute approximate surface area is 96.1 Å². The summed E-state index contributed by atoms with van der Waals surface area (Å²) in [6.07, 6.45) is 1.09. The van der Waals surface area contributed by atoms with Crippen LogP contribution in [0.2, 0.25) is 0 Å². The lowest BCUT2D eigenvalue weighted by molar-refractivity contribution is -0.146. The topological polar surface area (TPSA) is 67.8 Å². The van der Waals surface area contributed by atoms with Crippen LogP contribution in [-0.2, 0) is 14.3 Å². The summed E-state index contributed by atoms with van der Waals surface area (Å²) < 4.78 is 10.7. The van der Waals surface area contributed by atoms with E-state index in [1.807, 2.05) is 13.8 Å². The highest BCUT2D eigenvalue weighted by atomic mass is 16.6. The molecule has 0 aromatic heterocycles. The Balaban J connectivity index is 2.45. The molecule has 5 heteroatoms. The van der Waals surface area contributed by atoms with Gasteiger partial charge in [-0.05, 0) is 12.8 Å². The van der Waals surface area contributed by atoms with Gasteiger partial charge >= 0.3 is 5.97 Å². The first-order valence-corrected chi connectivity index (χ1v) is 5.82. The van der Waals surface area contributed by atoms with Crippen LogP contribution in [0.25, 0.3) is 0 Å². The predicted molar refractivity (Wildman–Crippen MR) is 59.5 cm³/mol. The molecule has 0 radical (unpaired) electrons. The van der Waals surface area contributed by atoms with Crippen molar-refractivity contribution in [1.82, 2.24) is 5.32 Å². The highest BCUT2D eigenvalue weighted by molar-refractivity contribution is 5.78. The van der Waals surface area contributed by atoms with Crippen LogP contribution in [0.3, 0.4) is 0 Å². The van der Waals surface area contributed by atoms with Gasteiger partial charge in [-0.2, -0.15) is 0 Å². The summed E-state index contributed by atoms with van der Waals surface area (Å²) in [6.45, 7) is 6.03. The number of carbonyl (C=O) groups is 1. The zero-order valence-electron chi connectivity index (χ0n) is 9.99. The van der Waals surface area contributed by atoms with E-state index in [4.69, 9.17) is 9.47 Å². The van der Waals surface area contributed by atoms with E-state index in [0.29, 0.717) is 39.2 Å². The van der Waals surface area contributed by atoms with Gasteiger partial charge in [0.05, 0.1) is 25.9 Å². The van der Waals surface area contributed by atoms with E-state index in [-0.39, 0.29) is 6.10 Å². The third kappa shape index (κ3) is 3.17. The molecule has 1 aliphatic heterocycles. The van der Waals surface area contributed by atoms with Crippen molar-refractivity contribution in [3.8, 4) is 0 Å². The zero-order chi connectivity index (χ0) is 12.0. The largest absolute Gasteiger partial charge is 0.480 e. The Morgan fingerprint density at radius 2 is 2.12 bits per heavy atom. The minimum absolute atomic E-state index is 0.0365. The Kier molecular flexibility index (Phi) is 5.18. The molecule has 1 atom stereocenters. The lowest BCUT2D eigenvalue weighted by Gasteiger charge is -2.31. The molecule has 94 valence electrons. The van der Waals surface area contributed by atoms with Crippen LogP contribution in [0.1, 0.15) is 26.7 Å². The molecule has 0 aromatic rings. The number of nitrogens with one attached hydrogen (secondary N) is 1. The molecule has 5 nitrogen and oxygen atoms in total. The summed E-state index contributed by atoms with van der Waals surface area (Å²) in [5, 5.41) is 12.3. The molecule has 1 rings (SSSR count). The van der Waals surface area contributed by atoms with Gasteiger partial charge in [0.2, 0.25) is 0 Å². The molecule has 0 bridgehead atoms. The van der Waals surface area contributed by atoms with E-state index in [0.717, 1.165) is 0 Å². The quantitative estimate of drug-likeness (QED) is 0.702. The summed E-state index contributed by atoms with van der Waals surface area (Å²) in [4.78, 5) is 11.2. The van der Waals surface area contributed by atoms with Crippen LogP contribution in [-0.4, -0.2) is 49.1 Å². The first-order valence-electron chi connectivity index (χ1n) is 5.82. The summed E-state index contributed by atoms with van der Waals surface area (Å²) in [5.41, 5.74) is -0.833. The molecule has 0 amide bonds. The van der Waals surface area contributed by atoms with Gasteiger partial charge in [0, 0.05) is 6.54 Å². The van der Waals surface area contributed by atoms with E-state index in [2.05, 4.69) is 5.32 Å². The Bertz CT molecular complexity index is 222. The van der Waals surface area contributed by atoms with Crippen molar-refractivity contribution in [2.75, 3.05) is 26.4 Å². The Morgan fingerprint density at radius 3 is 2.56 bits per heavy atom. The standard InChI is InChI=1S/C11H21NO4/c1-3-11(4-2,10(13)14)12-7-9-8-15-5-6-16-9/h9,12H,3-8H2,1-2H3,(H,13,14). The number of ether oxygens (including phenoxy) is 2. The van der Waals surface area contributed by atoms with Gasteiger partial charge in [-0.3, -0.25) is 10.1 Å². The average Bonchev–Trinajstić information content (AvgIpc) is 2.32. The van der Waals surface area contributed by atoms with Crippen molar-refractivity contribution in [2.24, 2.45) is 0 Å². The normalized spacial score (nSPS) is 22.0. The molecule has 0 aliphatic carbocycles. The van der Waals surface area contributed by atoms with E-state index in [9.17, 15) is 9.90 Å². The number of carboxylic acid groups (broad SMARTS) is 1. The highest BCUT2D eigenvalue weighted by Crippen LogP contribution is 2.15. The lowest BCUT2D eigenvalue weighted by atomic mass is 9.93. The fraction of sp³-hybridized carbons (Fsp3) is 0.909. The van der Waals surface area contributed by atoms with Gasteiger partial charge in [0.25, 0.3) is 0 Å². The molecular formula is C11H21NO4.